The molecule has 0 radical (unpaired) electrons. The Kier molecular flexibility index (Phi) is 5.43. The first-order valence-electron chi connectivity index (χ1n) is 8.15. The van der Waals surface area contributed by atoms with Crippen LogP contribution in [-0.4, -0.2) is 20.7 Å². The normalized spacial score (nSPS) is 10.9. The van der Waals surface area contributed by atoms with Crippen molar-refractivity contribution in [2.75, 3.05) is 5.32 Å². The molecular weight excluding hydrogens is 416 g/mol. The largest absolute Gasteiger partial charge is 0.326 e. The molecule has 26 heavy (non-hydrogen) atoms. The molecule has 1 amide bonds. The Hall–Kier alpha value is -2.19. The molecule has 0 bridgehead atoms. The van der Waals surface area contributed by atoms with Crippen molar-refractivity contribution in [3.8, 4) is 5.13 Å². The van der Waals surface area contributed by atoms with E-state index in [0.29, 0.717) is 17.1 Å². The van der Waals surface area contributed by atoms with Crippen LogP contribution < -0.4 is 10.9 Å². The number of aromatic amines is 1. The topological polar surface area (TPSA) is 79.8 Å². The van der Waals surface area contributed by atoms with Crippen molar-refractivity contribution >= 4 is 38.9 Å². The highest BCUT2D eigenvalue weighted by Crippen LogP contribution is 2.19. The smallest absolute Gasteiger partial charge is 0.276 e. The number of carbonyl (C=O) groups is 1. The Labute approximate surface area is 163 Å². The summed E-state index contributed by atoms with van der Waals surface area (Å²) in [5.41, 5.74) is 2.88. The van der Waals surface area contributed by atoms with Crippen LogP contribution in [0.2, 0.25) is 0 Å². The summed E-state index contributed by atoms with van der Waals surface area (Å²) in [6.45, 7) is 5.74. The lowest BCUT2D eigenvalue weighted by Crippen LogP contribution is -2.19. The number of H-pyrrole nitrogens is 1. The van der Waals surface area contributed by atoms with Gasteiger partial charge in [-0.25, -0.2) is 4.98 Å². The zero-order valence-electron chi connectivity index (χ0n) is 14.7. The van der Waals surface area contributed by atoms with E-state index in [4.69, 9.17) is 0 Å². The summed E-state index contributed by atoms with van der Waals surface area (Å²) < 4.78 is 2.41. The molecule has 0 aliphatic heterocycles. The Morgan fingerprint density at radius 2 is 1.96 bits per heavy atom. The summed E-state index contributed by atoms with van der Waals surface area (Å²) in [6, 6.07) is 7.37. The van der Waals surface area contributed by atoms with Crippen LogP contribution in [0.1, 0.15) is 28.2 Å². The highest BCUT2D eigenvalue weighted by molar-refractivity contribution is 9.10. The quantitative estimate of drug-likeness (QED) is 0.639. The van der Waals surface area contributed by atoms with Gasteiger partial charge >= 0.3 is 0 Å². The van der Waals surface area contributed by atoms with Crippen LogP contribution in [0.15, 0.2) is 33.5 Å². The predicted octanol–water partition coefficient (Wildman–Crippen LogP) is 3.88. The number of rotatable bonds is 5. The van der Waals surface area contributed by atoms with Gasteiger partial charge in [0.05, 0.1) is 5.69 Å². The van der Waals surface area contributed by atoms with Gasteiger partial charge < -0.3 is 5.32 Å². The Balaban J connectivity index is 1.71. The number of anilines is 1. The molecule has 1 aromatic carbocycles. The third-order valence-corrected chi connectivity index (χ3v) is 5.72. The minimum Gasteiger partial charge on any atom is -0.326 e. The average Bonchev–Trinajstić information content (AvgIpc) is 3.07. The van der Waals surface area contributed by atoms with E-state index in [1.165, 1.54) is 16.0 Å². The number of nitrogens with one attached hydrogen (secondary N) is 2. The summed E-state index contributed by atoms with van der Waals surface area (Å²) in [5, 5.41) is 6.53. The van der Waals surface area contributed by atoms with Crippen molar-refractivity contribution < 1.29 is 4.79 Å². The molecule has 2 aromatic heterocycles. The van der Waals surface area contributed by atoms with Crippen molar-refractivity contribution in [2.45, 2.75) is 33.6 Å². The highest BCUT2D eigenvalue weighted by Gasteiger charge is 2.16. The number of amides is 1. The number of nitrogens with zero attached hydrogens (tertiary/aromatic N) is 2. The zero-order chi connectivity index (χ0) is 18.8. The maximum Gasteiger partial charge on any atom is 0.276 e. The molecule has 136 valence electrons. The van der Waals surface area contributed by atoms with Gasteiger partial charge in [0.1, 0.15) is 0 Å². The molecule has 3 aromatic rings. The summed E-state index contributed by atoms with van der Waals surface area (Å²) in [5.74, 6) is -0.125. The van der Waals surface area contributed by atoms with Crippen molar-refractivity contribution in [1.29, 1.82) is 0 Å². The second kappa shape index (κ2) is 7.59. The maximum atomic E-state index is 12.7. The van der Waals surface area contributed by atoms with Gasteiger partial charge in [-0.15, -0.1) is 0 Å². The lowest BCUT2D eigenvalue weighted by atomic mass is 10.1. The molecule has 0 saturated carbocycles. The van der Waals surface area contributed by atoms with Crippen LogP contribution in [0.25, 0.3) is 5.13 Å². The fourth-order valence-corrected chi connectivity index (χ4v) is 3.69. The molecular formula is C18H19BrN4O2S. The summed E-state index contributed by atoms with van der Waals surface area (Å²) >= 11 is 4.83. The van der Waals surface area contributed by atoms with Crippen LogP contribution in [0.5, 0.6) is 0 Å². The number of aryl methyl sites for hydroxylation is 3. The Morgan fingerprint density at radius 1 is 1.27 bits per heavy atom. The van der Waals surface area contributed by atoms with Crippen molar-refractivity contribution in [2.24, 2.45) is 0 Å². The van der Waals surface area contributed by atoms with Crippen molar-refractivity contribution in [3.63, 3.8) is 0 Å². The zero-order valence-corrected chi connectivity index (χ0v) is 17.1. The lowest BCUT2D eigenvalue weighted by Gasteiger charge is -2.04. The Bertz CT molecular complexity index is 982. The maximum absolute atomic E-state index is 12.7. The lowest BCUT2D eigenvalue weighted by molar-refractivity contribution is -0.116. The molecule has 0 aliphatic rings. The van der Waals surface area contributed by atoms with Crippen molar-refractivity contribution in [3.05, 3.63) is 60.9 Å². The van der Waals surface area contributed by atoms with E-state index >= 15 is 0 Å². The SMILES string of the molecule is Cc1nc(-n2[nH]c(C)c(CCC(=O)Nc3ccc(Br)cc3)c2=O)sc1C. The molecule has 0 saturated heterocycles. The predicted molar refractivity (Wildman–Crippen MR) is 107 cm³/mol. The first-order chi connectivity index (χ1) is 12.3. The Morgan fingerprint density at radius 3 is 2.58 bits per heavy atom. The monoisotopic (exact) mass is 434 g/mol. The van der Waals surface area contributed by atoms with Gasteiger partial charge in [-0.3, -0.25) is 14.7 Å². The van der Waals surface area contributed by atoms with Gasteiger partial charge in [0.2, 0.25) is 11.0 Å². The van der Waals surface area contributed by atoms with Crippen LogP contribution in [0.4, 0.5) is 5.69 Å². The fourth-order valence-electron chi connectivity index (χ4n) is 2.56. The second-order valence-corrected chi connectivity index (χ2v) is 8.15. The van der Waals surface area contributed by atoms with E-state index in [9.17, 15) is 9.59 Å². The molecule has 0 fully saturated rings. The fraction of sp³-hybridized carbons (Fsp3) is 0.278. The number of hydrogen-bond donors (Lipinski definition) is 2. The second-order valence-electron chi connectivity index (χ2n) is 6.05. The van der Waals surface area contributed by atoms with Crippen molar-refractivity contribution in [1.82, 2.24) is 14.8 Å². The minimum atomic E-state index is -0.146. The van der Waals surface area contributed by atoms with Crippen LogP contribution in [0.3, 0.4) is 0 Å². The first-order valence-corrected chi connectivity index (χ1v) is 9.76. The highest BCUT2D eigenvalue weighted by atomic mass is 79.9. The van der Waals surface area contributed by atoms with Crippen LogP contribution in [-0.2, 0) is 11.2 Å². The number of carbonyl (C=O) groups excluding carboxylic acids is 1. The molecule has 6 nitrogen and oxygen atoms in total. The first kappa shape index (κ1) is 18.6. The molecule has 2 heterocycles. The molecule has 8 heteroatoms. The van der Waals surface area contributed by atoms with E-state index < -0.39 is 0 Å². The third-order valence-electron chi connectivity index (χ3n) is 4.13. The van der Waals surface area contributed by atoms with Gasteiger partial charge in [-0.1, -0.05) is 27.3 Å². The number of hydrogen-bond acceptors (Lipinski definition) is 4. The van der Waals surface area contributed by atoms with Gasteiger partial charge in [0.15, 0.2) is 0 Å². The standard InChI is InChI=1S/C18H19BrN4O2S/c1-10-12(3)26-18(20-10)23-17(25)15(11(2)22-23)8-9-16(24)21-14-6-4-13(19)5-7-14/h4-7,22H,8-9H2,1-3H3,(H,21,24). The summed E-state index contributed by atoms with van der Waals surface area (Å²) in [6.07, 6.45) is 0.611. The van der Waals surface area contributed by atoms with E-state index in [0.717, 1.165) is 26.4 Å². The summed E-state index contributed by atoms with van der Waals surface area (Å²) in [7, 11) is 0. The van der Waals surface area contributed by atoms with Gasteiger partial charge in [0, 0.05) is 32.7 Å². The van der Waals surface area contributed by atoms with E-state index in [2.05, 4.69) is 31.3 Å². The van der Waals surface area contributed by atoms with E-state index in [1.54, 1.807) is 0 Å². The molecule has 3 rings (SSSR count). The van der Waals surface area contributed by atoms with Crippen LogP contribution in [0, 0.1) is 20.8 Å². The van der Waals surface area contributed by atoms with Gasteiger partial charge in [-0.2, -0.15) is 4.68 Å². The molecule has 0 atom stereocenters. The molecule has 2 N–H and O–H groups in total. The molecule has 0 aliphatic carbocycles. The molecule has 0 unspecified atom stereocenters. The van der Waals surface area contributed by atoms with E-state index in [1.807, 2.05) is 45.0 Å². The number of thiazole rings is 1. The number of benzene rings is 1. The third kappa shape index (κ3) is 3.96. The number of halogens is 1. The van der Waals surface area contributed by atoms with Gasteiger partial charge in [0.25, 0.3) is 5.56 Å². The minimum absolute atomic E-state index is 0.125. The number of aromatic nitrogens is 3. The summed E-state index contributed by atoms with van der Waals surface area (Å²) in [4.78, 5) is 30.3. The average molecular weight is 435 g/mol. The van der Waals surface area contributed by atoms with Gasteiger partial charge in [-0.05, 0) is 51.5 Å². The van der Waals surface area contributed by atoms with E-state index in [-0.39, 0.29) is 17.9 Å². The van der Waals surface area contributed by atoms with Crippen LogP contribution >= 0.6 is 27.3 Å². The molecule has 0 spiro atoms.